The number of aryl methyl sites for hydroxylation is 1. The second-order valence-corrected chi connectivity index (χ2v) is 8.26. The Balaban J connectivity index is 1.40. The Morgan fingerprint density at radius 1 is 1.13 bits per heavy atom. The predicted octanol–water partition coefficient (Wildman–Crippen LogP) is 3.65. The average molecular weight is 421 g/mol. The molecule has 1 unspecified atom stereocenters. The summed E-state index contributed by atoms with van der Waals surface area (Å²) in [7, 11) is 0. The van der Waals surface area contributed by atoms with Gasteiger partial charge in [-0.25, -0.2) is 0 Å². The second kappa shape index (κ2) is 8.51. The Bertz CT molecular complexity index is 1120. The van der Waals surface area contributed by atoms with Gasteiger partial charge in [-0.3, -0.25) is 4.90 Å². The van der Waals surface area contributed by atoms with E-state index in [1.165, 1.54) is 11.1 Å². The lowest BCUT2D eigenvalue weighted by Gasteiger charge is -2.35. The lowest BCUT2D eigenvalue weighted by Crippen LogP contribution is -2.41. The molecule has 1 aromatic carbocycles. The van der Waals surface area contributed by atoms with Crippen LogP contribution >= 0.6 is 11.3 Å². The van der Waals surface area contributed by atoms with Gasteiger partial charge in [-0.05, 0) is 36.1 Å². The molecule has 0 bridgehead atoms. The van der Waals surface area contributed by atoms with Gasteiger partial charge in [0.05, 0.1) is 19.3 Å². The van der Waals surface area contributed by atoms with Crippen LogP contribution in [0.25, 0.3) is 17.0 Å². The van der Waals surface area contributed by atoms with Crippen molar-refractivity contribution in [3.63, 3.8) is 0 Å². The van der Waals surface area contributed by atoms with E-state index >= 15 is 0 Å². The molecular formula is C22H24N6OS. The number of nitrogens with one attached hydrogen (secondary N) is 1. The van der Waals surface area contributed by atoms with Crippen LogP contribution in [0, 0.1) is 6.92 Å². The largest absolute Gasteiger partial charge is 0.379 e. The number of hydrogen-bond donors (Lipinski definition) is 1. The SMILES string of the molecule is Cc1cccc(C(CNc2ccc3nnc(-c4ccsc4)n3n2)N2CCOCC2)c1. The molecule has 0 saturated carbocycles. The summed E-state index contributed by atoms with van der Waals surface area (Å²) in [6.45, 7) is 6.31. The van der Waals surface area contributed by atoms with E-state index in [0.29, 0.717) is 0 Å². The number of hydrogen-bond acceptors (Lipinski definition) is 7. The number of nitrogens with zero attached hydrogens (tertiary/aromatic N) is 5. The number of aromatic nitrogens is 4. The highest BCUT2D eigenvalue weighted by Gasteiger charge is 2.23. The summed E-state index contributed by atoms with van der Waals surface area (Å²) in [6, 6.07) is 15.0. The van der Waals surface area contributed by atoms with Crippen LogP contribution in [-0.4, -0.2) is 57.6 Å². The van der Waals surface area contributed by atoms with E-state index in [1.807, 2.05) is 23.6 Å². The Morgan fingerprint density at radius 2 is 2.03 bits per heavy atom. The maximum absolute atomic E-state index is 5.57. The Labute approximate surface area is 179 Å². The summed E-state index contributed by atoms with van der Waals surface area (Å²) in [5, 5.41) is 21.0. The first-order chi connectivity index (χ1) is 14.8. The third kappa shape index (κ3) is 3.94. The van der Waals surface area contributed by atoms with Gasteiger partial charge < -0.3 is 10.1 Å². The molecule has 154 valence electrons. The zero-order valence-corrected chi connectivity index (χ0v) is 17.7. The number of thiophene rings is 1. The van der Waals surface area contributed by atoms with E-state index < -0.39 is 0 Å². The van der Waals surface area contributed by atoms with Crippen molar-refractivity contribution in [2.45, 2.75) is 13.0 Å². The summed E-state index contributed by atoms with van der Waals surface area (Å²) in [4.78, 5) is 2.49. The molecule has 1 N–H and O–H groups in total. The van der Waals surface area contributed by atoms with Crippen molar-refractivity contribution in [2.24, 2.45) is 0 Å². The van der Waals surface area contributed by atoms with E-state index in [4.69, 9.17) is 9.84 Å². The minimum atomic E-state index is 0.253. The van der Waals surface area contributed by atoms with Crippen LogP contribution in [0.2, 0.25) is 0 Å². The molecule has 0 amide bonds. The summed E-state index contributed by atoms with van der Waals surface area (Å²) < 4.78 is 7.38. The third-order valence-corrected chi connectivity index (χ3v) is 6.12. The smallest absolute Gasteiger partial charge is 0.186 e. The fourth-order valence-corrected chi connectivity index (χ4v) is 4.51. The normalized spacial score (nSPS) is 16.0. The molecule has 0 aliphatic carbocycles. The van der Waals surface area contributed by atoms with Crippen molar-refractivity contribution < 1.29 is 4.74 Å². The van der Waals surface area contributed by atoms with Crippen LogP contribution in [0.15, 0.2) is 53.2 Å². The zero-order valence-electron chi connectivity index (χ0n) is 16.9. The standard InChI is InChI=1S/C22H24N6OS/c1-16-3-2-4-17(13-16)19(27-8-10-29-11-9-27)14-23-20-5-6-21-24-25-22(28(21)26-20)18-7-12-30-15-18/h2-7,12-13,15,19H,8-11,14H2,1H3,(H,23,26). The molecule has 1 aliphatic heterocycles. The maximum Gasteiger partial charge on any atom is 0.186 e. The number of benzene rings is 1. The maximum atomic E-state index is 5.57. The fourth-order valence-electron chi connectivity index (χ4n) is 3.88. The first-order valence-corrected chi connectivity index (χ1v) is 11.1. The van der Waals surface area contributed by atoms with Gasteiger partial charge in [0.15, 0.2) is 11.5 Å². The quantitative estimate of drug-likeness (QED) is 0.514. The van der Waals surface area contributed by atoms with Crippen molar-refractivity contribution in [2.75, 3.05) is 38.2 Å². The van der Waals surface area contributed by atoms with Crippen molar-refractivity contribution in [1.29, 1.82) is 0 Å². The Kier molecular flexibility index (Phi) is 5.44. The molecule has 30 heavy (non-hydrogen) atoms. The van der Waals surface area contributed by atoms with E-state index in [9.17, 15) is 0 Å². The van der Waals surface area contributed by atoms with Gasteiger partial charge in [0.2, 0.25) is 0 Å². The van der Waals surface area contributed by atoms with E-state index in [1.54, 1.807) is 15.9 Å². The summed E-state index contributed by atoms with van der Waals surface area (Å²) in [6.07, 6.45) is 0. The molecule has 5 rings (SSSR count). The molecule has 1 aliphatic rings. The van der Waals surface area contributed by atoms with Gasteiger partial charge in [0, 0.05) is 30.6 Å². The van der Waals surface area contributed by atoms with Crippen LogP contribution in [0.1, 0.15) is 17.2 Å². The first-order valence-electron chi connectivity index (χ1n) is 10.2. The molecule has 8 heteroatoms. The minimum Gasteiger partial charge on any atom is -0.379 e. The number of fused-ring (bicyclic) bond motifs is 1. The average Bonchev–Trinajstić information content (AvgIpc) is 3.44. The van der Waals surface area contributed by atoms with Gasteiger partial charge >= 0.3 is 0 Å². The van der Waals surface area contributed by atoms with Crippen molar-refractivity contribution in [3.05, 3.63) is 64.4 Å². The van der Waals surface area contributed by atoms with Gasteiger partial charge in [-0.15, -0.1) is 15.3 Å². The van der Waals surface area contributed by atoms with Crippen molar-refractivity contribution >= 4 is 22.8 Å². The zero-order chi connectivity index (χ0) is 20.3. The highest BCUT2D eigenvalue weighted by molar-refractivity contribution is 7.08. The summed E-state index contributed by atoms with van der Waals surface area (Å²) >= 11 is 1.64. The number of anilines is 1. The van der Waals surface area contributed by atoms with Crippen LogP contribution < -0.4 is 5.32 Å². The highest BCUT2D eigenvalue weighted by Crippen LogP contribution is 2.24. The van der Waals surface area contributed by atoms with Crippen molar-refractivity contribution in [1.82, 2.24) is 24.7 Å². The van der Waals surface area contributed by atoms with E-state index in [2.05, 4.69) is 57.0 Å². The molecule has 0 spiro atoms. The monoisotopic (exact) mass is 420 g/mol. The fraction of sp³-hybridized carbons (Fsp3) is 0.318. The molecule has 0 radical (unpaired) electrons. The van der Waals surface area contributed by atoms with E-state index in [0.717, 1.165) is 55.7 Å². The molecule has 1 fully saturated rings. The second-order valence-electron chi connectivity index (χ2n) is 7.48. The molecular weight excluding hydrogens is 396 g/mol. The number of morpholine rings is 1. The van der Waals surface area contributed by atoms with Gasteiger partial charge in [0.1, 0.15) is 5.82 Å². The molecule has 4 heterocycles. The predicted molar refractivity (Wildman–Crippen MR) is 119 cm³/mol. The molecule has 1 atom stereocenters. The van der Waals surface area contributed by atoms with Crippen LogP contribution in [-0.2, 0) is 4.74 Å². The number of rotatable bonds is 6. The summed E-state index contributed by atoms with van der Waals surface area (Å²) in [5.41, 5.74) is 4.36. The number of ether oxygens (including phenoxy) is 1. The lowest BCUT2D eigenvalue weighted by atomic mass is 10.0. The summed E-state index contributed by atoms with van der Waals surface area (Å²) in [5.74, 6) is 1.57. The topological polar surface area (TPSA) is 67.6 Å². The first kappa shape index (κ1) is 19.2. The van der Waals surface area contributed by atoms with Crippen LogP contribution in [0.3, 0.4) is 0 Å². The lowest BCUT2D eigenvalue weighted by molar-refractivity contribution is 0.0187. The van der Waals surface area contributed by atoms with Crippen LogP contribution in [0.5, 0.6) is 0 Å². The van der Waals surface area contributed by atoms with E-state index in [-0.39, 0.29) is 6.04 Å². The molecule has 7 nitrogen and oxygen atoms in total. The van der Waals surface area contributed by atoms with Gasteiger partial charge in [-0.1, -0.05) is 29.8 Å². The Morgan fingerprint density at radius 3 is 2.83 bits per heavy atom. The molecule has 4 aromatic rings. The van der Waals surface area contributed by atoms with Crippen LogP contribution in [0.4, 0.5) is 5.82 Å². The highest BCUT2D eigenvalue weighted by atomic mass is 32.1. The van der Waals surface area contributed by atoms with Crippen molar-refractivity contribution in [3.8, 4) is 11.4 Å². The third-order valence-electron chi connectivity index (χ3n) is 5.43. The minimum absolute atomic E-state index is 0.253. The van der Waals surface area contributed by atoms with Gasteiger partial charge in [0.25, 0.3) is 0 Å². The van der Waals surface area contributed by atoms with Gasteiger partial charge in [-0.2, -0.15) is 15.9 Å². The molecule has 1 saturated heterocycles. The Hall–Kier alpha value is -2.81. The molecule has 3 aromatic heterocycles.